The SMILES string of the molecule is CC(C)=CCC[C@H](C)C1C(=O)C=C2C[C@H]3C(CC[C@@H]3OO[Si](C)(C)C(C)(C)C)/C(C)=C\C[C@H]21. The van der Waals surface area contributed by atoms with E-state index < -0.39 is 8.32 Å². The summed E-state index contributed by atoms with van der Waals surface area (Å²) in [6.45, 7) is 20.1. The Hall–Kier alpha value is -0.973. The lowest BCUT2D eigenvalue weighted by Gasteiger charge is -2.37. The zero-order valence-electron chi connectivity index (χ0n) is 22.7. The Bertz CT molecular complexity index is 809. The van der Waals surface area contributed by atoms with Crippen LogP contribution < -0.4 is 0 Å². The first-order valence-electron chi connectivity index (χ1n) is 13.2. The Balaban J connectivity index is 1.75. The van der Waals surface area contributed by atoms with E-state index in [0.717, 1.165) is 38.5 Å². The largest absolute Gasteiger partial charge is 0.295 e. The molecule has 0 heterocycles. The Morgan fingerprint density at radius 2 is 1.91 bits per heavy atom. The van der Waals surface area contributed by atoms with Crippen LogP contribution in [0.15, 0.2) is 34.9 Å². The van der Waals surface area contributed by atoms with Crippen LogP contribution >= 0.6 is 0 Å². The minimum absolute atomic E-state index is 0.122. The van der Waals surface area contributed by atoms with Crippen molar-refractivity contribution >= 4 is 14.1 Å². The summed E-state index contributed by atoms with van der Waals surface area (Å²) in [4.78, 5) is 19.4. The molecule has 3 nitrogen and oxygen atoms in total. The van der Waals surface area contributed by atoms with Gasteiger partial charge in [0.1, 0.15) is 0 Å². The molecule has 186 valence electrons. The topological polar surface area (TPSA) is 35.5 Å². The molecule has 1 fully saturated rings. The number of carbonyl (C=O) groups is 1. The third kappa shape index (κ3) is 6.00. The summed E-state index contributed by atoms with van der Waals surface area (Å²) in [6.07, 6.45) is 13.2. The fourth-order valence-corrected chi connectivity index (χ4v) is 6.46. The predicted octanol–water partition coefficient (Wildman–Crippen LogP) is 8.20. The maximum Gasteiger partial charge on any atom is 0.238 e. The number of carbonyl (C=O) groups excluding carboxylic acids is 1. The molecule has 3 rings (SSSR count). The van der Waals surface area contributed by atoms with E-state index in [4.69, 9.17) is 9.46 Å². The Labute approximate surface area is 204 Å². The highest BCUT2D eigenvalue weighted by atomic mass is 28.4. The van der Waals surface area contributed by atoms with Crippen molar-refractivity contribution in [1.29, 1.82) is 0 Å². The molecule has 0 aromatic rings. The maximum atomic E-state index is 13.2. The van der Waals surface area contributed by atoms with Gasteiger partial charge in [0.05, 0.1) is 6.10 Å². The van der Waals surface area contributed by atoms with Crippen molar-refractivity contribution in [2.24, 2.45) is 29.6 Å². The summed E-state index contributed by atoms with van der Waals surface area (Å²) in [5, 5.41) is 0.127. The van der Waals surface area contributed by atoms with Crippen LogP contribution in [-0.2, 0) is 14.3 Å². The predicted molar refractivity (Wildman–Crippen MR) is 140 cm³/mol. The summed E-state index contributed by atoms with van der Waals surface area (Å²) < 4.78 is 6.22. The molecule has 2 unspecified atom stereocenters. The van der Waals surface area contributed by atoms with Crippen LogP contribution in [0.4, 0.5) is 0 Å². The van der Waals surface area contributed by atoms with E-state index in [0.29, 0.717) is 29.5 Å². The third-order valence-corrected chi connectivity index (χ3v) is 13.2. The molecule has 3 aliphatic carbocycles. The Kier molecular flexibility index (Phi) is 8.34. The second-order valence-electron chi connectivity index (χ2n) is 12.8. The van der Waals surface area contributed by atoms with Crippen molar-refractivity contribution in [3.05, 3.63) is 34.9 Å². The van der Waals surface area contributed by atoms with Crippen LogP contribution in [-0.4, -0.2) is 20.2 Å². The third-order valence-electron chi connectivity index (χ3n) is 9.05. The van der Waals surface area contributed by atoms with Gasteiger partial charge < -0.3 is 0 Å². The summed E-state index contributed by atoms with van der Waals surface area (Å²) in [5.74, 6) is 2.22. The molecule has 0 N–H and O–H groups in total. The van der Waals surface area contributed by atoms with Crippen LogP contribution in [0.3, 0.4) is 0 Å². The summed E-state index contributed by atoms with van der Waals surface area (Å²) in [5.41, 5.74) is 4.23. The van der Waals surface area contributed by atoms with Crippen molar-refractivity contribution in [2.45, 2.75) is 111 Å². The highest BCUT2D eigenvalue weighted by Gasteiger charge is 2.46. The van der Waals surface area contributed by atoms with Gasteiger partial charge >= 0.3 is 0 Å². The molecule has 0 aromatic carbocycles. The highest BCUT2D eigenvalue weighted by molar-refractivity contribution is 6.73. The van der Waals surface area contributed by atoms with Crippen LogP contribution in [0.25, 0.3) is 0 Å². The average Bonchev–Trinajstić information content (AvgIpc) is 3.22. The second-order valence-corrected chi connectivity index (χ2v) is 17.5. The number of hydrogen-bond donors (Lipinski definition) is 0. The van der Waals surface area contributed by atoms with Gasteiger partial charge in [-0.15, -0.1) is 0 Å². The molecule has 0 amide bonds. The van der Waals surface area contributed by atoms with E-state index in [2.05, 4.69) is 73.7 Å². The van der Waals surface area contributed by atoms with Gasteiger partial charge in [0, 0.05) is 5.92 Å². The molecular formula is C29H48O3Si. The standard InChI is InChI=1S/C29H48O3Si/c1-19(2)11-10-12-21(4)28-24-14-13-20(3)23-15-16-27(25(23)17-22(24)18-26(28)30)31-32-33(8,9)29(5,6)7/h11,13,18,21,23-25,27-28H,10,12,14-17H2,1-9H3/b20-13-/t21-,23?,24+,25-,27-,28?/m0/s1. The first-order chi connectivity index (χ1) is 15.3. The van der Waals surface area contributed by atoms with Gasteiger partial charge in [0.25, 0.3) is 0 Å². The first-order valence-corrected chi connectivity index (χ1v) is 16.1. The molecule has 0 radical (unpaired) electrons. The van der Waals surface area contributed by atoms with Crippen LogP contribution in [0.1, 0.15) is 87.0 Å². The van der Waals surface area contributed by atoms with Gasteiger partial charge in [0.15, 0.2) is 5.78 Å². The molecule has 0 saturated heterocycles. The van der Waals surface area contributed by atoms with E-state index >= 15 is 0 Å². The molecule has 6 atom stereocenters. The fraction of sp³-hybridized carbons (Fsp3) is 0.759. The highest BCUT2D eigenvalue weighted by Crippen LogP contribution is 2.50. The molecule has 1 saturated carbocycles. The average molecular weight is 473 g/mol. The lowest BCUT2D eigenvalue weighted by molar-refractivity contribution is -0.266. The molecule has 0 bridgehead atoms. The van der Waals surface area contributed by atoms with Gasteiger partial charge in [-0.1, -0.05) is 56.6 Å². The smallest absolute Gasteiger partial charge is 0.238 e. The maximum absolute atomic E-state index is 13.2. The van der Waals surface area contributed by atoms with E-state index in [-0.39, 0.29) is 17.1 Å². The number of rotatable bonds is 7. The van der Waals surface area contributed by atoms with E-state index in [9.17, 15) is 4.79 Å². The van der Waals surface area contributed by atoms with Crippen molar-refractivity contribution in [2.75, 3.05) is 0 Å². The number of ketones is 1. The van der Waals surface area contributed by atoms with Gasteiger partial charge in [0.2, 0.25) is 8.32 Å². The molecule has 0 aliphatic heterocycles. The van der Waals surface area contributed by atoms with E-state index in [1.54, 1.807) is 0 Å². The summed E-state index contributed by atoms with van der Waals surface area (Å²) in [7, 11) is -1.96. The minimum Gasteiger partial charge on any atom is -0.295 e. The van der Waals surface area contributed by atoms with Crippen molar-refractivity contribution in [1.82, 2.24) is 0 Å². The summed E-state index contributed by atoms with van der Waals surface area (Å²) >= 11 is 0. The summed E-state index contributed by atoms with van der Waals surface area (Å²) in [6, 6.07) is 0. The van der Waals surface area contributed by atoms with Gasteiger partial charge in [-0.25, -0.2) is 4.89 Å². The van der Waals surface area contributed by atoms with Crippen molar-refractivity contribution < 1.29 is 14.3 Å². The zero-order chi connectivity index (χ0) is 24.6. The van der Waals surface area contributed by atoms with Crippen LogP contribution in [0.5, 0.6) is 0 Å². The molecule has 33 heavy (non-hydrogen) atoms. The lowest BCUT2D eigenvalue weighted by Crippen LogP contribution is -2.42. The number of hydrogen-bond acceptors (Lipinski definition) is 3. The minimum atomic E-state index is -1.96. The van der Waals surface area contributed by atoms with E-state index in [1.165, 1.54) is 16.7 Å². The monoisotopic (exact) mass is 472 g/mol. The fourth-order valence-electron chi connectivity index (χ4n) is 5.85. The number of allylic oxidation sites excluding steroid dienone is 6. The van der Waals surface area contributed by atoms with E-state index in [1.807, 2.05) is 6.08 Å². The van der Waals surface area contributed by atoms with Gasteiger partial charge in [-0.05, 0) is 107 Å². The lowest BCUT2D eigenvalue weighted by atomic mass is 9.72. The van der Waals surface area contributed by atoms with Gasteiger partial charge in [-0.3, -0.25) is 9.37 Å². The zero-order valence-corrected chi connectivity index (χ0v) is 23.7. The van der Waals surface area contributed by atoms with Crippen LogP contribution in [0.2, 0.25) is 18.1 Å². The molecule has 3 aliphatic rings. The van der Waals surface area contributed by atoms with Crippen LogP contribution in [0, 0.1) is 29.6 Å². The quantitative estimate of drug-likeness (QED) is 0.162. The van der Waals surface area contributed by atoms with Crippen molar-refractivity contribution in [3.63, 3.8) is 0 Å². The molecular weight excluding hydrogens is 424 g/mol. The first kappa shape index (κ1) is 26.6. The molecule has 4 heteroatoms. The second kappa shape index (κ2) is 10.3. The van der Waals surface area contributed by atoms with Crippen molar-refractivity contribution in [3.8, 4) is 0 Å². The Morgan fingerprint density at radius 1 is 1.21 bits per heavy atom. The Morgan fingerprint density at radius 3 is 2.55 bits per heavy atom. The molecule has 0 aromatic heterocycles. The number of fused-ring (bicyclic) bond motifs is 2. The van der Waals surface area contributed by atoms with Gasteiger partial charge in [-0.2, -0.15) is 0 Å². The normalized spacial score (nSPS) is 32.8. The molecule has 0 spiro atoms.